The lowest BCUT2D eigenvalue weighted by Crippen LogP contribution is -2.35. The van der Waals surface area contributed by atoms with Crippen LogP contribution in [0.2, 0.25) is 0 Å². The standard InChI is InChI=1S/C17H23N5O2S/c1-24-15-10-6-5-9-14(15)22-17(18-19-20-22)25-13-16(23)21-11-7-3-2-4-8-12-21/h5-6,9-10H,2-4,7-8,11-13H2,1H3. The van der Waals surface area contributed by atoms with E-state index in [1.54, 1.807) is 11.8 Å². The molecule has 3 rings (SSSR count). The molecule has 0 atom stereocenters. The van der Waals surface area contributed by atoms with Gasteiger partial charge in [0, 0.05) is 13.1 Å². The van der Waals surface area contributed by atoms with Crippen LogP contribution >= 0.6 is 11.8 Å². The summed E-state index contributed by atoms with van der Waals surface area (Å²) in [6.07, 6.45) is 5.89. The largest absolute Gasteiger partial charge is 0.494 e. The molecule has 0 saturated carbocycles. The van der Waals surface area contributed by atoms with Crippen LogP contribution in [0.5, 0.6) is 5.75 Å². The predicted molar refractivity (Wildman–Crippen MR) is 96.1 cm³/mol. The highest BCUT2D eigenvalue weighted by molar-refractivity contribution is 7.99. The minimum atomic E-state index is 0.154. The topological polar surface area (TPSA) is 73.1 Å². The van der Waals surface area contributed by atoms with E-state index in [4.69, 9.17) is 4.74 Å². The van der Waals surface area contributed by atoms with E-state index < -0.39 is 0 Å². The lowest BCUT2D eigenvalue weighted by atomic mass is 10.1. The van der Waals surface area contributed by atoms with Gasteiger partial charge in [0.1, 0.15) is 11.4 Å². The Morgan fingerprint density at radius 1 is 1.16 bits per heavy atom. The Morgan fingerprint density at radius 2 is 1.88 bits per heavy atom. The summed E-state index contributed by atoms with van der Waals surface area (Å²) >= 11 is 1.36. The van der Waals surface area contributed by atoms with Crippen molar-refractivity contribution in [2.45, 2.75) is 37.3 Å². The third-order valence-corrected chi connectivity index (χ3v) is 5.19. The minimum absolute atomic E-state index is 0.154. The van der Waals surface area contributed by atoms with Crippen LogP contribution in [0, 0.1) is 0 Å². The number of carbonyl (C=O) groups excluding carboxylic acids is 1. The van der Waals surface area contributed by atoms with Gasteiger partial charge in [0.25, 0.3) is 0 Å². The van der Waals surface area contributed by atoms with Crippen LogP contribution in [0.25, 0.3) is 5.69 Å². The maximum atomic E-state index is 12.5. The number of ether oxygens (including phenoxy) is 1. The number of aromatic nitrogens is 4. The number of hydrogen-bond acceptors (Lipinski definition) is 6. The number of hydrogen-bond donors (Lipinski definition) is 0. The fourth-order valence-electron chi connectivity index (χ4n) is 2.94. The summed E-state index contributed by atoms with van der Waals surface area (Å²) in [5.41, 5.74) is 0.760. The highest BCUT2D eigenvalue weighted by Crippen LogP contribution is 2.25. The average Bonchev–Trinajstić information content (AvgIpc) is 3.07. The number of thioether (sulfide) groups is 1. The van der Waals surface area contributed by atoms with Crippen LogP contribution < -0.4 is 4.74 Å². The van der Waals surface area contributed by atoms with Gasteiger partial charge in [-0.15, -0.1) is 5.10 Å². The molecule has 1 fully saturated rings. The molecule has 134 valence electrons. The van der Waals surface area contributed by atoms with Gasteiger partial charge in [-0.1, -0.05) is 43.2 Å². The van der Waals surface area contributed by atoms with Crippen molar-refractivity contribution in [1.29, 1.82) is 0 Å². The number of rotatable bonds is 5. The Morgan fingerprint density at radius 3 is 2.64 bits per heavy atom. The number of para-hydroxylation sites is 2. The van der Waals surface area contributed by atoms with Gasteiger partial charge in [0.05, 0.1) is 12.9 Å². The van der Waals surface area contributed by atoms with Crippen LogP contribution in [0.4, 0.5) is 0 Å². The van der Waals surface area contributed by atoms with Crippen molar-refractivity contribution in [3.63, 3.8) is 0 Å². The lowest BCUT2D eigenvalue weighted by molar-refractivity contribution is -0.128. The van der Waals surface area contributed by atoms with Crippen molar-refractivity contribution in [1.82, 2.24) is 25.1 Å². The molecule has 0 radical (unpaired) electrons. The molecule has 1 amide bonds. The maximum absolute atomic E-state index is 12.5. The molecule has 1 aromatic heterocycles. The second-order valence-corrected chi connectivity index (χ2v) is 6.92. The Bertz CT molecular complexity index is 698. The Hall–Kier alpha value is -2.09. The second kappa shape index (κ2) is 8.84. The molecule has 0 N–H and O–H groups in total. The van der Waals surface area contributed by atoms with Crippen LogP contribution in [0.3, 0.4) is 0 Å². The van der Waals surface area contributed by atoms with Gasteiger partial charge in [-0.05, 0) is 35.4 Å². The summed E-state index contributed by atoms with van der Waals surface area (Å²) < 4.78 is 6.99. The molecule has 1 aliphatic rings. The minimum Gasteiger partial charge on any atom is -0.494 e. The molecule has 1 saturated heterocycles. The van der Waals surface area contributed by atoms with Crippen LogP contribution in [0.1, 0.15) is 32.1 Å². The van der Waals surface area contributed by atoms with Crippen molar-refractivity contribution in [2.24, 2.45) is 0 Å². The van der Waals surface area contributed by atoms with Crippen molar-refractivity contribution >= 4 is 17.7 Å². The van der Waals surface area contributed by atoms with Crippen LogP contribution in [-0.2, 0) is 4.79 Å². The quantitative estimate of drug-likeness (QED) is 0.762. The third-order valence-electron chi connectivity index (χ3n) is 4.29. The number of nitrogens with zero attached hydrogens (tertiary/aromatic N) is 5. The van der Waals surface area contributed by atoms with Crippen molar-refractivity contribution in [3.05, 3.63) is 24.3 Å². The highest BCUT2D eigenvalue weighted by atomic mass is 32.2. The first-order valence-electron chi connectivity index (χ1n) is 8.62. The SMILES string of the molecule is COc1ccccc1-n1nnnc1SCC(=O)N1CCCCCCC1. The Kier molecular flexibility index (Phi) is 6.27. The van der Waals surface area contributed by atoms with Gasteiger partial charge in [-0.25, -0.2) is 0 Å². The van der Waals surface area contributed by atoms with Crippen molar-refractivity contribution in [3.8, 4) is 11.4 Å². The monoisotopic (exact) mass is 361 g/mol. The molecule has 2 heterocycles. The summed E-state index contributed by atoms with van der Waals surface area (Å²) in [6.45, 7) is 1.72. The Balaban J connectivity index is 1.66. The lowest BCUT2D eigenvalue weighted by Gasteiger charge is -2.24. The second-order valence-electron chi connectivity index (χ2n) is 5.98. The summed E-state index contributed by atoms with van der Waals surface area (Å²) in [6, 6.07) is 7.54. The van der Waals surface area contributed by atoms with E-state index in [0.29, 0.717) is 16.7 Å². The fourth-order valence-corrected chi connectivity index (χ4v) is 3.73. The van der Waals surface area contributed by atoms with Crippen molar-refractivity contribution < 1.29 is 9.53 Å². The molecular formula is C17H23N5O2S. The van der Waals surface area contributed by atoms with Gasteiger partial charge in [0.2, 0.25) is 11.1 Å². The number of methoxy groups -OCH3 is 1. The first-order chi connectivity index (χ1) is 12.3. The number of tetrazole rings is 1. The molecule has 7 nitrogen and oxygen atoms in total. The molecule has 0 spiro atoms. The first kappa shape index (κ1) is 17.7. The molecule has 8 heteroatoms. The number of amides is 1. The third kappa shape index (κ3) is 4.50. The van der Waals surface area contributed by atoms with Crippen molar-refractivity contribution in [2.75, 3.05) is 26.0 Å². The average molecular weight is 361 g/mol. The zero-order valence-electron chi connectivity index (χ0n) is 14.4. The zero-order valence-corrected chi connectivity index (χ0v) is 15.2. The highest BCUT2D eigenvalue weighted by Gasteiger charge is 2.18. The summed E-state index contributed by atoms with van der Waals surface area (Å²) in [5.74, 6) is 1.18. The van der Waals surface area contributed by atoms with Gasteiger partial charge in [-0.2, -0.15) is 4.68 Å². The number of carbonyl (C=O) groups is 1. The van der Waals surface area contributed by atoms with E-state index in [1.165, 1.54) is 31.0 Å². The van der Waals surface area contributed by atoms with E-state index in [2.05, 4.69) is 15.5 Å². The normalized spacial score (nSPS) is 15.5. The maximum Gasteiger partial charge on any atom is 0.233 e. The molecule has 0 aliphatic carbocycles. The molecule has 1 aromatic carbocycles. The van der Waals surface area contributed by atoms with Crippen LogP contribution in [-0.4, -0.2) is 57.0 Å². The van der Waals surface area contributed by atoms with Gasteiger partial charge in [-0.3, -0.25) is 4.79 Å². The predicted octanol–water partition coefficient (Wildman–Crippen LogP) is 2.56. The molecule has 2 aromatic rings. The van der Waals surface area contributed by atoms with E-state index >= 15 is 0 Å². The number of benzene rings is 1. The van der Waals surface area contributed by atoms with E-state index in [0.717, 1.165) is 31.6 Å². The molecule has 25 heavy (non-hydrogen) atoms. The summed E-state index contributed by atoms with van der Waals surface area (Å²) in [4.78, 5) is 14.5. The Labute approximate surface area is 151 Å². The molecule has 0 bridgehead atoms. The molecule has 0 unspecified atom stereocenters. The van der Waals surface area contributed by atoms with E-state index in [9.17, 15) is 4.79 Å². The van der Waals surface area contributed by atoms with Crippen LogP contribution in [0.15, 0.2) is 29.4 Å². The number of likely N-dealkylation sites (tertiary alicyclic amines) is 1. The summed E-state index contributed by atoms with van der Waals surface area (Å²) in [7, 11) is 1.61. The first-order valence-corrected chi connectivity index (χ1v) is 9.60. The smallest absolute Gasteiger partial charge is 0.233 e. The van der Waals surface area contributed by atoms with Gasteiger partial charge < -0.3 is 9.64 Å². The van der Waals surface area contributed by atoms with Gasteiger partial charge in [0.15, 0.2) is 0 Å². The molecular weight excluding hydrogens is 338 g/mol. The van der Waals surface area contributed by atoms with Gasteiger partial charge >= 0.3 is 0 Å². The molecule has 1 aliphatic heterocycles. The zero-order chi connectivity index (χ0) is 17.5. The van der Waals surface area contributed by atoms with E-state index in [1.807, 2.05) is 29.2 Å². The van der Waals surface area contributed by atoms with E-state index in [-0.39, 0.29) is 5.91 Å². The summed E-state index contributed by atoms with van der Waals surface area (Å²) in [5, 5.41) is 12.4. The fraction of sp³-hybridized carbons (Fsp3) is 0.529.